The van der Waals surface area contributed by atoms with Crippen molar-refractivity contribution >= 4 is 28.4 Å². The van der Waals surface area contributed by atoms with Gasteiger partial charge in [-0.05, 0) is 62.4 Å². The van der Waals surface area contributed by atoms with E-state index in [4.69, 9.17) is 22.3 Å². The summed E-state index contributed by atoms with van der Waals surface area (Å²) in [5, 5.41) is 1.50. The Morgan fingerprint density at radius 1 is 1.21 bits per heavy atom. The van der Waals surface area contributed by atoms with Gasteiger partial charge in [-0.2, -0.15) is 0 Å². The summed E-state index contributed by atoms with van der Waals surface area (Å²) in [6, 6.07) is 7.61. The van der Waals surface area contributed by atoms with E-state index in [0.29, 0.717) is 23.4 Å². The molecule has 1 aliphatic heterocycles. The highest BCUT2D eigenvalue weighted by atomic mass is 35.5. The Bertz CT molecular complexity index is 780. The van der Waals surface area contributed by atoms with Crippen LogP contribution in [0.2, 0.25) is 5.02 Å². The monoisotopic (exact) mass is 343 g/mol. The summed E-state index contributed by atoms with van der Waals surface area (Å²) in [6.07, 6.45) is 4.31. The fourth-order valence-electron chi connectivity index (χ4n) is 3.53. The Morgan fingerprint density at radius 3 is 2.62 bits per heavy atom. The van der Waals surface area contributed by atoms with E-state index >= 15 is 0 Å². The molecule has 1 aromatic heterocycles. The van der Waals surface area contributed by atoms with Gasteiger partial charge in [-0.15, -0.1) is 0 Å². The Morgan fingerprint density at radius 2 is 1.96 bits per heavy atom. The van der Waals surface area contributed by atoms with E-state index in [-0.39, 0.29) is 5.91 Å². The number of fused-ring (bicyclic) bond motifs is 1. The van der Waals surface area contributed by atoms with Gasteiger partial charge in [-0.1, -0.05) is 11.6 Å². The third kappa shape index (κ3) is 3.01. The van der Waals surface area contributed by atoms with Crippen LogP contribution in [-0.2, 0) is 0 Å². The highest BCUT2D eigenvalue weighted by molar-refractivity contribution is 6.31. The summed E-state index contributed by atoms with van der Waals surface area (Å²) >= 11 is 6.17. The number of piperidine rings is 1. The zero-order valence-electron chi connectivity index (χ0n) is 13.7. The van der Waals surface area contributed by atoms with Crippen molar-refractivity contribution in [1.82, 2.24) is 9.88 Å². The van der Waals surface area contributed by atoms with Crippen LogP contribution < -0.4 is 5.73 Å². The molecule has 2 aromatic rings. The maximum atomic E-state index is 13.1. The molecular weight excluding hydrogens is 322 g/mol. The fourth-order valence-corrected chi connectivity index (χ4v) is 3.70. The molecule has 2 fully saturated rings. The summed E-state index contributed by atoms with van der Waals surface area (Å²) in [6.45, 7) is 2.27. The summed E-state index contributed by atoms with van der Waals surface area (Å²) < 4.78 is 0. The first-order chi connectivity index (χ1) is 11.7. The van der Waals surface area contributed by atoms with Crippen molar-refractivity contribution in [3.63, 3.8) is 0 Å². The number of carbonyl (C=O) groups excluding carboxylic acids is 1. The van der Waals surface area contributed by atoms with Crippen LogP contribution >= 0.6 is 11.6 Å². The highest BCUT2D eigenvalue weighted by Gasteiger charge is 2.29. The fraction of sp³-hybridized carbons (Fsp3) is 0.474. The van der Waals surface area contributed by atoms with E-state index < -0.39 is 0 Å². The van der Waals surface area contributed by atoms with Crippen LogP contribution in [0.3, 0.4) is 0 Å². The molecule has 0 unspecified atom stereocenters. The number of nitrogens with zero attached hydrogens (tertiary/aromatic N) is 2. The lowest BCUT2D eigenvalue weighted by molar-refractivity contribution is 0.0695. The molecule has 0 radical (unpaired) electrons. The molecular formula is C19H22ClN3O. The second-order valence-corrected chi connectivity index (χ2v) is 7.44. The standard InChI is InChI=1S/C19H22ClN3O/c20-14-3-4-17-15(9-14)16(10-18(22-17)13-1-2-13)19(24)23-7-5-12(11-21)6-8-23/h3-4,9-10,12-13H,1-2,5-8,11,21H2. The van der Waals surface area contributed by atoms with Gasteiger partial charge in [0.05, 0.1) is 11.1 Å². The van der Waals surface area contributed by atoms with Crippen molar-refractivity contribution in [2.24, 2.45) is 11.7 Å². The summed E-state index contributed by atoms with van der Waals surface area (Å²) in [4.78, 5) is 19.8. The quantitative estimate of drug-likeness (QED) is 0.926. The van der Waals surface area contributed by atoms with Crippen LogP contribution in [0.4, 0.5) is 0 Å². The van der Waals surface area contributed by atoms with Crippen molar-refractivity contribution in [1.29, 1.82) is 0 Å². The number of nitrogens with two attached hydrogens (primary N) is 1. The molecule has 1 saturated heterocycles. The van der Waals surface area contributed by atoms with Gasteiger partial charge in [-0.25, -0.2) is 0 Å². The third-order valence-corrected chi connectivity index (χ3v) is 5.49. The number of hydrogen-bond donors (Lipinski definition) is 1. The maximum Gasteiger partial charge on any atom is 0.254 e. The van der Waals surface area contributed by atoms with Crippen LogP contribution in [0.15, 0.2) is 24.3 Å². The lowest BCUT2D eigenvalue weighted by atomic mass is 9.96. The number of aromatic nitrogens is 1. The average Bonchev–Trinajstić information content (AvgIpc) is 3.45. The molecule has 1 aliphatic carbocycles. The lowest BCUT2D eigenvalue weighted by Crippen LogP contribution is -2.40. The molecule has 4 rings (SSSR count). The lowest BCUT2D eigenvalue weighted by Gasteiger charge is -2.31. The van der Waals surface area contributed by atoms with Gasteiger partial charge in [0, 0.05) is 35.1 Å². The molecule has 2 N–H and O–H groups in total. The molecule has 2 aliphatic rings. The van der Waals surface area contributed by atoms with Gasteiger partial charge in [-0.3, -0.25) is 9.78 Å². The number of pyridine rings is 1. The van der Waals surface area contributed by atoms with Gasteiger partial charge in [0.25, 0.3) is 5.91 Å². The maximum absolute atomic E-state index is 13.1. The first kappa shape index (κ1) is 15.9. The van der Waals surface area contributed by atoms with Gasteiger partial charge in [0.2, 0.25) is 0 Å². The van der Waals surface area contributed by atoms with E-state index in [1.54, 1.807) is 0 Å². The van der Waals surface area contributed by atoms with Gasteiger partial charge >= 0.3 is 0 Å². The highest BCUT2D eigenvalue weighted by Crippen LogP contribution is 2.40. The number of benzene rings is 1. The number of hydrogen-bond acceptors (Lipinski definition) is 3. The largest absolute Gasteiger partial charge is 0.339 e. The zero-order valence-corrected chi connectivity index (χ0v) is 14.4. The second-order valence-electron chi connectivity index (χ2n) is 7.00. The molecule has 0 atom stereocenters. The summed E-state index contributed by atoms with van der Waals surface area (Å²) in [7, 11) is 0. The second kappa shape index (κ2) is 6.34. The SMILES string of the molecule is NCC1CCN(C(=O)c2cc(C3CC3)nc3ccc(Cl)cc23)CC1. The Hall–Kier alpha value is -1.65. The zero-order chi connectivity index (χ0) is 16.7. The number of halogens is 1. The molecule has 126 valence electrons. The van der Waals surface area contributed by atoms with Crippen LogP contribution in [0, 0.1) is 5.92 Å². The van der Waals surface area contributed by atoms with Gasteiger partial charge < -0.3 is 10.6 Å². The minimum atomic E-state index is 0.0991. The molecule has 24 heavy (non-hydrogen) atoms. The van der Waals surface area contributed by atoms with Crippen LogP contribution in [0.1, 0.15) is 47.7 Å². The smallest absolute Gasteiger partial charge is 0.254 e. The van der Waals surface area contributed by atoms with Crippen molar-refractivity contribution in [3.05, 3.63) is 40.5 Å². The summed E-state index contributed by atoms with van der Waals surface area (Å²) in [5.41, 5.74) is 8.42. The molecule has 1 saturated carbocycles. The van der Waals surface area contributed by atoms with Crippen molar-refractivity contribution in [2.75, 3.05) is 19.6 Å². The predicted molar refractivity (Wildman–Crippen MR) is 96.4 cm³/mol. The molecule has 1 amide bonds. The third-order valence-electron chi connectivity index (χ3n) is 5.25. The van der Waals surface area contributed by atoms with Crippen molar-refractivity contribution in [2.45, 2.75) is 31.6 Å². The molecule has 4 nitrogen and oxygen atoms in total. The molecule has 0 spiro atoms. The van der Waals surface area contributed by atoms with E-state index in [0.717, 1.165) is 48.1 Å². The van der Waals surface area contributed by atoms with Crippen molar-refractivity contribution < 1.29 is 4.79 Å². The number of amides is 1. The minimum absolute atomic E-state index is 0.0991. The Balaban J connectivity index is 1.71. The molecule has 0 bridgehead atoms. The van der Waals surface area contributed by atoms with Crippen molar-refractivity contribution in [3.8, 4) is 0 Å². The first-order valence-corrected chi connectivity index (χ1v) is 9.13. The average molecular weight is 344 g/mol. The number of carbonyl (C=O) groups is 1. The Labute approximate surface area is 147 Å². The van der Waals surface area contributed by atoms with Gasteiger partial charge in [0.1, 0.15) is 0 Å². The van der Waals surface area contributed by atoms with E-state index in [9.17, 15) is 4.79 Å². The number of rotatable bonds is 3. The topological polar surface area (TPSA) is 59.2 Å². The minimum Gasteiger partial charge on any atom is -0.339 e. The van der Waals surface area contributed by atoms with E-state index in [1.807, 2.05) is 29.2 Å². The molecule has 1 aromatic carbocycles. The normalized spacial score (nSPS) is 19.0. The molecule has 2 heterocycles. The number of likely N-dealkylation sites (tertiary alicyclic amines) is 1. The molecule has 5 heteroatoms. The van der Waals surface area contributed by atoms with Crippen LogP contribution in [0.5, 0.6) is 0 Å². The van der Waals surface area contributed by atoms with E-state index in [1.165, 1.54) is 12.8 Å². The Kier molecular flexibility index (Phi) is 4.19. The van der Waals surface area contributed by atoms with Gasteiger partial charge in [0.15, 0.2) is 0 Å². The predicted octanol–water partition coefficient (Wildman–Crippen LogP) is 3.58. The van der Waals surface area contributed by atoms with Crippen LogP contribution in [-0.4, -0.2) is 35.4 Å². The summed E-state index contributed by atoms with van der Waals surface area (Å²) in [5.74, 6) is 1.15. The van der Waals surface area contributed by atoms with Crippen LogP contribution in [0.25, 0.3) is 10.9 Å². The first-order valence-electron chi connectivity index (χ1n) is 8.75. The van der Waals surface area contributed by atoms with E-state index in [2.05, 4.69) is 0 Å².